The Bertz CT molecular complexity index is 1130. The van der Waals surface area contributed by atoms with Gasteiger partial charge in [0.25, 0.3) is 0 Å². The number of halogens is 3. The molecule has 1 amide bonds. The molecule has 2 aromatic carbocycles. The van der Waals surface area contributed by atoms with Crippen molar-refractivity contribution in [3.05, 3.63) is 52.4 Å². The maximum atomic E-state index is 13.4. The van der Waals surface area contributed by atoms with Crippen molar-refractivity contribution in [2.45, 2.75) is 23.8 Å². The van der Waals surface area contributed by atoms with Crippen LogP contribution >= 0.6 is 11.8 Å². The van der Waals surface area contributed by atoms with Gasteiger partial charge in [-0.25, -0.2) is 0 Å². The van der Waals surface area contributed by atoms with Crippen LogP contribution in [0.5, 0.6) is 23.0 Å². The number of rotatable bonds is 2. The van der Waals surface area contributed by atoms with Gasteiger partial charge in [-0.1, -0.05) is 12.1 Å². The van der Waals surface area contributed by atoms with Gasteiger partial charge < -0.3 is 19.1 Å². The van der Waals surface area contributed by atoms with Crippen LogP contribution in [0.1, 0.15) is 23.5 Å². The van der Waals surface area contributed by atoms with Crippen molar-refractivity contribution >= 4 is 23.4 Å². The first-order valence-electron chi connectivity index (χ1n) is 9.38. The lowest BCUT2D eigenvalue weighted by molar-refractivity contribution is -0.127. The van der Waals surface area contributed by atoms with E-state index < -0.39 is 17.3 Å². The van der Waals surface area contributed by atoms with Crippen LogP contribution in [-0.2, 0) is 4.79 Å². The summed E-state index contributed by atoms with van der Waals surface area (Å²) in [5, 5.41) is -1.45. The van der Waals surface area contributed by atoms with Crippen LogP contribution in [0.2, 0.25) is 0 Å². The number of alkyl halides is 3. The molecule has 0 N–H and O–H groups in total. The molecule has 2 unspecified atom stereocenters. The molecule has 0 bridgehead atoms. The zero-order valence-corrected chi connectivity index (χ0v) is 16.2. The maximum absolute atomic E-state index is 13.4. The van der Waals surface area contributed by atoms with Crippen molar-refractivity contribution in [3.8, 4) is 23.0 Å². The van der Waals surface area contributed by atoms with Crippen molar-refractivity contribution < 1.29 is 32.2 Å². The molecular weight excluding hydrogens is 419 g/mol. The Kier molecular flexibility index (Phi) is 3.66. The summed E-state index contributed by atoms with van der Waals surface area (Å²) < 4.78 is 56.0. The smallest absolute Gasteiger partial charge is 0.401 e. The maximum Gasteiger partial charge on any atom is 0.401 e. The molecule has 4 aliphatic rings. The van der Waals surface area contributed by atoms with Crippen molar-refractivity contribution in [1.29, 1.82) is 0 Å². The van der Waals surface area contributed by atoms with Crippen LogP contribution in [0.3, 0.4) is 0 Å². The van der Waals surface area contributed by atoms with Crippen LogP contribution in [-0.4, -0.2) is 30.7 Å². The summed E-state index contributed by atoms with van der Waals surface area (Å²) in [6.07, 6.45) is -2.75. The van der Waals surface area contributed by atoms with E-state index in [1.165, 1.54) is 0 Å². The van der Waals surface area contributed by atoms with Gasteiger partial charge in [0.15, 0.2) is 11.5 Å². The van der Waals surface area contributed by atoms with Gasteiger partial charge in [-0.2, -0.15) is 13.2 Å². The Morgan fingerprint density at radius 2 is 1.90 bits per heavy atom. The Morgan fingerprint density at radius 3 is 2.67 bits per heavy atom. The van der Waals surface area contributed by atoms with E-state index in [-0.39, 0.29) is 25.7 Å². The van der Waals surface area contributed by atoms with E-state index in [1.807, 2.05) is 0 Å². The van der Waals surface area contributed by atoms with Crippen LogP contribution in [0.4, 0.5) is 18.9 Å². The predicted molar refractivity (Wildman–Crippen MR) is 103 cm³/mol. The van der Waals surface area contributed by atoms with Crippen molar-refractivity contribution in [3.63, 3.8) is 0 Å². The number of amides is 1. The monoisotopic (exact) mass is 433 g/mol. The molecule has 2 aromatic rings. The molecule has 6 rings (SSSR count). The quantitative estimate of drug-likeness (QED) is 0.671. The predicted octanol–water partition coefficient (Wildman–Crippen LogP) is 4.95. The Morgan fingerprint density at radius 1 is 1.10 bits per heavy atom. The van der Waals surface area contributed by atoms with Crippen molar-refractivity contribution in [1.82, 2.24) is 0 Å². The molecule has 0 fully saturated rings. The second-order valence-corrected chi connectivity index (χ2v) is 8.78. The van der Waals surface area contributed by atoms with E-state index >= 15 is 0 Å². The van der Waals surface area contributed by atoms with Crippen LogP contribution < -0.4 is 19.1 Å². The first kappa shape index (κ1) is 18.0. The van der Waals surface area contributed by atoms with E-state index in [1.54, 1.807) is 41.3 Å². The molecule has 9 heteroatoms. The lowest BCUT2D eigenvalue weighted by Gasteiger charge is -2.23. The number of anilines is 1. The number of ether oxygens (including phenoxy) is 3. The van der Waals surface area contributed by atoms with Gasteiger partial charge in [0, 0.05) is 22.1 Å². The molecule has 5 nitrogen and oxygen atoms in total. The van der Waals surface area contributed by atoms with Gasteiger partial charge in [0.2, 0.25) is 12.7 Å². The van der Waals surface area contributed by atoms with Crippen LogP contribution in [0.25, 0.3) is 0 Å². The minimum Gasteiger partial charge on any atom is -0.456 e. The fourth-order valence-electron chi connectivity index (χ4n) is 4.34. The highest BCUT2D eigenvalue weighted by Crippen LogP contribution is 2.56. The molecule has 4 heterocycles. The van der Waals surface area contributed by atoms with Gasteiger partial charge >= 0.3 is 6.18 Å². The molecule has 0 aromatic heterocycles. The lowest BCUT2D eigenvalue weighted by Crippen LogP contribution is -2.31. The lowest BCUT2D eigenvalue weighted by atomic mass is 9.89. The number of carbonyl (C=O) groups excluding carboxylic acids is 1. The van der Waals surface area contributed by atoms with Gasteiger partial charge in [-0.15, -0.1) is 11.8 Å². The summed E-state index contributed by atoms with van der Waals surface area (Å²) in [7, 11) is 0. The first-order valence-corrected chi connectivity index (χ1v) is 10.3. The summed E-state index contributed by atoms with van der Waals surface area (Å²) in [6.45, 7) is 0.218. The summed E-state index contributed by atoms with van der Waals surface area (Å²) in [5.74, 6) is 1.43. The highest BCUT2D eigenvalue weighted by Gasteiger charge is 2.47. The fourth-order valence-corrected chi connectivity index (χ4v) is 5.43. The number of hydrogen-bond donors (Lipinski definition) is 0. The number of thioether (sulfide) groups is 1. The standard InChI is InChI=1S/C21H14F3NO4S/c22-21(23,24)17-5-4-10(30-17)8-25-12-2-1-3-13-19(12)18(20(25)26)11-6-15-16(28-9-27-15)7-14(11)29-13/h1-4,6-7,17-18H,5,8-9H2. The molecule has 154 valence electrons. The summed E-state index contributed by atoms with van der Waals surface area (Å²) in [4.78, 5) is 15.6. The third-order valence-electron chi connectivity index (χ3n) is 5.70. The minimum atomic E-state index is -4.26. The highest BCUT2D eigenvalue weighted by atomic mass is 32.2. The third kappa shape index (κ3) is 2.54. The van der Waals surface area contributed by atoms with E-state index in [0.29, 0.717) is 39.2 Å². The normalized spacial score (nSPS) is 23.2. The summed E-state index contributed by atoms with van der Waals surface area (Å²) >= 11 is 0.786. The third-order valence-corrected chi connectivity index (χ3v) is 7.05. The van der Waals surface area contributed by atoms with Crippen molar-refractivity contribution in [2.24, 2.45) is 0 Å². The molecule has 0 radical (unpaired) electrons. The molecular formula is C21H14F3NO4S. The largest absolute Gasteiger partial charge is 0.456 e. The zero-order valence-electron chi connectivity index (χ0n) is 15.4. The topological polar surface area (TPSA) is 48.0 Å². The number of allylic oxidation sites excluding steroid dienone is 1. The number of carbonyl (C=O) groups is 1. The number of benzene rings is 2. The zero-order chi connectivity index (χ0) is 20.6. The van der Waals surface area contributed by atoms with Gasteiger partial charge in [0.1, 0.15) is 16.7 Å². The molecule has 0 spiro atoms. The fraction of sp³-hybridized carbons (Fsp3) is 0.286. The van der Waals surface area contributed by atoms with E-state index in [0.717, 1.165) is 17.3 Å². The van der Waals surface area contributed by atoms with E-state index in [9.17, 15) is 18.0 Å². The first-order chi connectivity index (χ1) is 14.4. The second kappa shape index (κ2) is 6.10. The SMILES string of the molecule is O=C1C2c3cc4c(cc3Oc3cccc(c32)N1CC1=CCC(C(F)(F)F)S1)OCO4. The van der Waals surface area contributed by atoms with Crippen LogP contribution in [0, 0.1) is 0 Å². The molecule has 0 saturated carbocycles. The summed E-state index contributed by atoms with van der Waals surface area (Å²) in [5.41, 5.74) is 2.08. The number of nitrogens with zero attached hydrogens (tertiary/aromatic N) is 1. The molecule has 0 aliphatic carbocycles. The van der Waals surface area contributed by atoms with E-state index in [4.69, 9.17) is 14.2 Å². The molecule has 0 saturated heterocycles. The summed E-state index contributed by atoms with van der Waals surface area (Å²) in [6, 6.07) is 8.85. The Labute approximate surface area is 173 Å². The molecule has 4 aliphatic heterocycles. The van der Waals surface area contributed by atoms with Gasteiger partial charge in [0.05, 0.1) is 18.2 Å². The Hall–Kier alpha value is -2.81. The average molecular weight is 433 g/mol. The highest BCUT2D eigenvalue weighted by molar-refractivity contribution is 8.04. The van der Waals surface area contributed by atoms with E-state index in [2.05, 4.69) is 0 Å². The Balaban J connectivity index is 1.37. The second-order valence-electron chi connectivity index (χ2n) is 7.45. The molecule has 2 atom stereocenters. The van der Waals surface area contributed by atoms with Crippen molar-refractivity contribution in [2.75, 3.05) is 18.2 Å². The average Bonchev–Trinajstić information content (AvgIpc) is 3.41. The van der Waals surface area contributed by atoms with Crippen LogP contribution in [0.15, 0.2) is 41.3 Å². The minimum absolute atomic E-state index is 0.0721. The van der Waals surface area contributed by atoms with Gasteiger partial charge in [-0.05, 0) is 24.6 Å². The molecule has 30 heavy (non-hydrogen) atoms. The number of fused-ring (bicyclic) bond motifs is 3. The van der Waals surface area contributed by atoms with Gasteiger partial charge in [-0.3, -0.25) is 4.79 Å². The number of hydrogen-bond acceptors (Lipinski definition) is 5.